The monoisotopic (exact) mass is 306 g/mol. The fourth-order valence-corrected chi connectivity index (χ4v) is 3.83. The van der Waals surface area contributed by atoms with Crippen LogP contribution in [0.15, 0.2) is 30.5 Å². The second-order valence-corrected chi connectivity index (χ2v) is 6.39. The molecule has 0 saturated carbocycles. The number of benzene rings is 1. The second kappa shape index (κ2) is 6.02. The number of anilines is 1. The van der Waals surface area contributed by atoms with Crippen molar-refractivity contribution in [2.45, 2.75) is 18.8 Å². The largest absolute Gasteiger partial charge is 0.397 e. The zero-order valence-corrected chi connectivity index (χ0v) is 12.3. The van der Waals surface area contributed by atoms with Crippen LogP contribution >= 0.6 is 11.8 Å². The fourth-order valence-electron chi connectivity index (χ4n) is 2.72. The van der Waals surface area contributed by atoms with Gasteiger partial charge in [-0.15, -0.1) is 0 Å². The quantitative estimate of drug-likeness (QED) is 0.903. The summed E-state index contributed by atoms with van der Waals surface area (Å²) in [4.78, 5) is 4.39. The highest BCUT2D eigenvalue weighted by Gasteiger charge is 2.21. The highest BCUT2D eigenvalue weighted by atomic mass is 32.2. The third-order valence-corrected chi connectivity index (χ3v) is 4.90. The predicted octanol–water partition coefficient (Wildman–Crippen LogP) is 4.22. The van der Waals surface area contributed by atoms with Crippen molar-refractivity contribution in [3.63, 3.8) is 0 Å². The second-order valence-electron chi connectivity index (χ2n) is 5.17. The molecule has 2 aromatic rings. The van der Waals surface area contributed by atoms with Crippen LogP contribution < -0.4 is 5.73 Å². The Hall–Kier alpha value is -1.62. The van der Waals surface area contributed by atoms with Gasteiger partial charge in [0.15, 0.2) is 0 Å². The van der Waals surface area contributed by atoms with E-state index in [9.17, 15) is 8.78 Å². The van der Waals surface area contributed by atoms with E-state index in [4.69, 9.17) is 5.73 Å². The zero-order valence-electron chi connectivity index (χ0n) is 11.5. The summed E-state index contributed by atoms with van der Waals surface area (Å²) in [5.74, 6) is 1.54. The first-order valence-corrected chi connectivity index (χ1v) is 8.10. The lowest BCUT2D eigenvalue weighted by Gasteiger charge is -2.23. The van der Waals surface area contributed by atoms with Crippen molar-refractivity contribution in [1.82, 2.24) is 4.98 Å². The zero-order chi connectivity index (χ0) is 14.8. The summed E-state index contributed by atoms with van der Waals surface area (Å²) < 4.78 is 27.4. The van der Waals surface area contributed by atoms with Gasteiger partial charge in [-0.1, -0.05) is 0 Å². The number of nitrogens with two attached hydrogens (primary N) is 1. The van der Waals surface area contributed by atoms with Crippen LogP contribution in [0.5, 0.6) is 0 Å². The molecule has 21 heavy (non-hydrogen) atoms. The summed E-state index contributed by atoms with van der Waals surface area (Å²) in [6, 6.07) is 5.06. The van der Waals surface area contributed by atoms with Crippen molar-refractivity contribution in [2.75, 3.05) is 17.2 Å². The van der Waals surface area contributed by atoms with Crippen molar-refractivity contribution in [3.8, 4) is 11.1 Å². The molecule has 1 aromatic carbocycles. The molecule has 0 amide bonds. The van der Waals surface area contributed by atoms with Gasteiger partial charge in [-0.25, -0.2) is 8.78 Å². The van der Waals surface area contributed by atoms with Crippen molar-refractivity contribution in [3.05, 3.63) is 47.8 Å². The number of hydrogen-bond donors (Lipinski definition) is 1. The highest BCUT2D eigenvalue weighted by molar-refractivity contribution is 7.99. The van der Waals surface area contributed by atoms with E-state index >= 15 is 0 Å². The van der Waals surface area contributed by atoms with Gasteiger partial charge in [0.2, 0.25) is 0 Å². The lowest BCUT2D eigenvalue weighted by Crippen LogP contribution is -2.12. The van der Waals surface area contributed by atoms with Crippen molar-refractivity contribution < 1.29 is 8.78 Å². The maximum atomic E-state index is 14.0. The molecule has 0 aliphatic carbocycles. The van der Waals surface area contributed by atoms with Crippen molar-refractivity contribution >= 4 is 17.4 Å². The number of hydrogen-bond acceptors (Lipinski definition) is 3. The molecule has 1 fully saturated rings. The normalized spacial score (nSPS) is 16.1. The fraction of sp³-hybridized carbons (Fsp3) is 0.312. The van der Waals surface area contributed by atoms with E-state index in [0.717, 1.165) is 42.2 Å². The Labute approximate surface area is 126 Å². The maximum Gasteiger partial charge on any atom is 0.131 e. The topological polar surface area (TPSA) is 38.9 Å². The van der Waals surface area contributed by atoms with E-state index in [1.807, 2.05) is 11.8 Å². The summed E-state index contributed by atoms with van der Waals surface area (Å²) in [7, 11) is 0. The standard InChI is InChI=1S/C16H16F2N2S/c17-11-1-2-14(18)13(9-11)12-3-6-20-16(15(12)19)10-4-7-21-8-5-10/h1-3,6,9-10H,4-5,7-8,19H2. The molecule has 1 aliphatic heterocycles. The predicted molar refractivity (Wildman–Crippen MR) is 83.3 cm³/mol. The molecule has 0 spiro atoms. The van der Waals surface area contributed by atoms with Crippen LogP contribution in [0.3, 0.4) is 0 Å². The van der Waals surface area contributed by atoms with E-state index < -0.39 is 11.6 Å². The van der Waals surface area contributed by atoms with Crippen LogP contribution in [-0.4, -0.2) is 16.5 Å². The molecular formula is C16H16F2N2S. The van der Waals surface area contributed by atoms with E-state index in [-0.39, 0.29) is 5.56 Å². The molecule has 1 aromatic heterocycles. The summed E-state index contributed by atoms with van der Waals surface area (Å²) in [6.07, 6.45) is 3.68. The van der Waals surface area contributed by atoms with Crippen LogP contribution in [0.1, 0.15) is 24.5 Å². The van der Waals surface area contributed by atoms with Gasteiger partial charge in [0.05, 0.1) is 11.4 Å². The van der Waals surface area contributed by atoms with Crippen LogP contribution in [0, 0.1) is 11.6 Å². The number of aromatic nitrogens is 1. The first-order valence-electron chi connectivity index (χ1n) is 6.94. The summed E-state index contributed by atoms with van der Waals surface area (Å²) in [6.45, 7) is 0. The van der Waals surface area contributed by atoms with Crippen LogP contribution in [-0.2, 0) is 0 Å². The third kappa shape index (κ3) is 2.88. The van der Waals surface area contributed by atoms with Crippen molar-refractivity contribution in [2.24, 2.45) is 0 Å². The molecule has 2 nitrogen and oxygen atoms in total. The van der Waals surface area contributed by atoms with Crippen LogP contribution in [0.4, 0.5) is 14.5 Å². The SMILES string of the molecule is Nc1c(-c2cc(F)ccc2F)ccnc1C1CCSCC1. The minimum atomic E-state index is -0.474. The lowest BCUT2D eigenvalue weighted by molar-refractivity contribution is 0.602. The first kappa shape index (κ1) is 14.3. The number of pyridine rings is 1. The van der Waals surface area contributed by atoms with Gasteiger partial charge in [0, 0.05) is 23.2 Å². The Kier molecular flexibility index (Phi) is 4.10. The van der Waals surface area contributed by atoms with E-state index in [1.54, 1.807) is 12.3 Å². The molecule has 0 radical (unpaired) electrons. The molecule has 2 N–H and O–H groups in total. The molecule has 1 aliphatic rings. The number of thioether (sulfide) groups is 1. The Morgan fingerprint density at radius 2 is 1.86 bits per heavy atom. The molecule has 0 atom stereocenters. The number of nitrogens with zero attached hydrogens (tertiary/aromatic N) is 1. The molecule has 3 rings (SSSR count). The van der Waals surface area contributed by atoms with Crippen LogP contribution in [0.2, 0.25) is 0 Å². The summed E-state index contributed by atoms with van der Waals surface area (Å²) >= 11 is 1.93. The van der Waals surface area contributed by atoms with Gasteiger partial charge in [0.1, 0.15) is 11.6 Å². The van der Waals surface area contributed by atoms with E-state index in [2.05, 4.69) is 4.98 Å². The maximum absolute atomic E-state index is 14.0. The average Bonchev–Trinajstić information content (AvgIpc) is 2.51. The Balaban J connectivity index is 2.05. The van der Waals surface area contributed by atoms with E-state index in [0.29, 0.717) is 17.2 Å². The third-order valence-electron chi connectivity index (χ3n) is 3.85. The van der Waals surface area contributed by atoms with Gasteiger partial charge in [0.25, 0.3) is 0 Å². The van der Waals surface area contributed by atoms with Gasteiger partial charge in [-0.2, -0.15) is 11.8 Å². The number of rotatable bonds is 2. The molecular weight excluding hydrogens is 290 g/mol. The molecule has 110 valence electrons. The minimum absolute atomic E-state index is 0.196. The lowest BCUT2D eigenvalue weighted by atomic mass is 9.93. The first-order chi connectivity index (χ1) is 10.2. The Morgan fingerprint density at radius 1 is 1.10 bits per heavy atom. The Bertz CT molecular complexity index is 655. The smallest absolute Gasteiger partial charge is 0.131 e. The average molecular weight is 306 g/mol. The van der Waals surface area contributed by atoms with Gasteiger partial charge < -0.3 is 5.73 Å². The minimum Gasteiger partial charge on any atom is -0.397 e. The van der Waals surface area contributed by atoms with E-state index in [1.165, 1.54) is 6.07 Å². The number of halogens is 2. The summed E-state index contributed by atoms with van der Waals surface area (Å²) in [5.41, 5.74) is 8.21. The van der Waals surface area contributed by atoms with Crippen LogP contribution in [0.25, 0.3) is 11.1 Å². The Morgan fingerprint density at radius 3 is 2.62 bits per heavy atom. The van der Waals surface area contributed by atoms with Crippen molar-refractivity contribution in [1.29, 1.82) is 0 Å². The van der Waals surface area contributed by atoms with Gasteiger partial charge in [-0.05, 0) is 48.6 Å². The molecule has 0 bridgehead atoms. The molecule has 1 saturated heterocycles. The summed E-state index contributed by atoms with van der Waals surface area (Å²) in [5, 5.41) is 0. The molecule has 2 heterocycles. The van der Waals surface area contributed by atoms with Gasteiger partial charge in [-0.3, -0.25) is 4.98 Å². The molecule has 5 heteroatoms. The molecule has 0 unspecified atom stereocenters. The number of nitrogen functional groups attached to an aromatic ring is 1. The highest BCUT2D eigenvalue weighted by Crippen LogP contribution is 2.37. The van der Waals surface area contributed by atoms with Gasteiger partial charge >= 0.3 is 0 Å².